The van der Waals surface area contributed by atoms with Crippen LogP contribution in [0.1, 0.15) is 12.5 Å². The van der Waals surface area contributed by atoms with Gasteiger partial charge in [-0.05, 0) is 36.8 Å². The fourth-order valence-corrected chi connectivity index (χ4v) is 3.67. The van der Waals surface area contributed by atoms with Crippen LogP contribution in [0.25, 0.3) is 0 Å². The Hall–Kier alpha value is -1.63. The lowest BCUT2D eigenvalue weighted by molar-refractivity contribution is -0.123. The van der Waals surface area contributed by atoms with Gasteiger partial charge in [0.15, 0.2) is 5.82 Å². The van der Waals surface area contributed by atoms with Gasteiger partial charge in [-0.25, -0.2) is 14.1 Å². The van der Waals surface area contributed by atoms with Crippen molar-refractivity contribution in [2.75, 3.05) is 11.9 Å². The molecule has 0 radical (unpaired) electrons. The molecule has 1 saturated heterocycles. The minimum Gasteiger partial charge on any atom is -0.312 e. The number of anilines is 1. The monoisotopic (exact) mass is 458 g/mol. The molecule has 0 spiro atoms. The number of halogens is 4. The topological polar surface area (TPSA) is 40.6 Å². The molecule has 1 fully saturated rings. The second kappa shape index (κ2) is 6.83. The van der Waals surface area contributed by atoms with E-state index in [0.29, 0.717) is 6.42 Å². The number of hydrogen-bond donors (Lipinski definition) is 0. The molecule has 4 nitrogen and oxygen atoms in total. The van der Waals surface area contributed by atoms with Crippen molar-refractivity contribution >= 4 is 56.8 Å². The van der Waals surface area contributed by atoms with E-state index in [9.17, 15) is 14.0 Å². The SMILES string of the molecule is CN1C(=O)N(c2cc(Cl)c(F)c(Cl)c2)C(=O)[C@@]1(C)Cc1ccc(Br)cc1. The Bertz CT molecular complexity index is 884. The van der Waals surface area contributed by atoms with Gasteiger partial charge < -0.3 is 4.90 Å². The van der Waals surface area contributed by atoms with E-state index in [2.05, 4.69) is 15.9 Å². The first kappa shape index (κ1) is 19.1. The van der Waals surface area contributed by atoms with Crippen LogP contribution in [0.3, 0.4) is 0 Å². The number of nitrogens with zero attached hydrogens (tertiary/aromatic N) is 2. The van der Waals surface area contributed by atoms with Crippen LogP contribution >= 0.6 is 39.1 Å². The molecule has 2 aromatic carbocycles. The predicted octanol–water partition coefficient (Wildman–Crippen LogP) is 5.29. The summed E-state index contributed by atoms with van der Waals surface area (Å²) in [7, 11) is 1.56. The molecule has 26 heavy (non-hydrogen) atoms. The summed E-state index contributed by atoms with van der Waals surface area (Å²) in [5.74, 6) is -1.21. The minimum atomic E-state index is -1.09. The molecule has 0 bridgehead atoms. The van der Waals surface area contributed by atoms with Gasteiger partial charge in [-0.3, -0.25) is 4.79 Å². The van der Waals surface area contributed by atoms with Crippen LogP contribution in [0, 0.1) is 5.82 Å². The van der Waals surface area contributed by atoms with Gasteiger partial charge in [0.1, 0.15) is 5.54 Å². The van der Waals surface area contributed by atoms with Crippen molar-refractivity contribution in [2.45, 2.75) is 18.9 Å². The van der Waals surface area contributed by atoms with Crippen LogP contribution in [0.4, 0.5) is 14.9 Å². The van der Waals surface area contributed by atoms with Gasteiger partial charge in [0.25, 0.3) is 5.91 Å². The number of imide groups is 1. The van der Waals surface area contributed by atoms with Gasteiger partial charge in [0, 0.05) is 17.9 Å². The van der Waals surface area contributed by atoms with Crippen LogP contribution in [0.5, 0.6) is 0 Å². The van der Waals surface area contributed by atoms with E-state index in [1.54, 1.807) is 14.0 Å². The van der Waals surface area contributed by atoms with E-state index >= 15 is 0 Å². The quantitative estimate of drug-likeness (QED) is 0.461. The maximum Gasteiger partial charge on any atom is 0.332 e. The van der Waals surface area contributed by atoms with Gasteiger partial charge in [-0.15, -0.1) is 0 Å². The molecule has 8 heteroatoms. The molecule has 3 rings (SSSR count). The number of benzene rings is 2. The van der Waals surface area contributed by atoms with E-state index in [4.69, 9.17) is 23.2 Å². The molecule has 0 unspecified atom stereocenters. The summed E-state index contributed by atoms with van der Waals surface area (Å²) in [4.78, 5) is 28.2. The zero-order valence-corrected chi connectivity index (χ0v) is 17.0. The smallest absolute Gasteiger partial charge is 0.312 e. The predicted molar refractivity (Wildman–Crippen MR) is 103 cm³/mol. The number of likely N-dealkylation sites (N-methyl/N-ethyl adjacent to an activating group) is 1. The van der Waals surface area contributed by atoms with Gasteiger partial charge in [0.05, 0.1) is 15.7 Å². The van der Waals surface area contributed by atoms with Crippen LogP contribution in [-0.4, -0.2) is 29.4 Å². The van der Waals surface area contributed by atoms with Gasteiger partial charge in [-0.1, -0.05) is 51.3 Å². The highest BCUT2D eigenvalue weighted by Gasteiger charge is 2.53. The lowest BCUT2D eigenvalue weighted by Gasteiger charge is -2.28. The molecule has 3 amide bonds. The second-order valence-electron chi connectivity index (χ2n) is 6.28. The Morgan fingerprint density at radius 1 is 1.12 bits per heavy atom. The Labute approximate surface area is 168 Å². The standard InChI is InChI=1S/C18H14BrCl2FN2O2/c1-18(9-10-3-5-11(19)6-4-10)16(25)24(17(26)23(18)2)12-7-13(20)15(22)14(21)8-12/h3-8H,9H2,1-2H3/t18-/m1/s1. The lowest BCUT2D eigenvalue weighted by atomic mass is 9.91. The number of carbonyl (C=O) groups is 2. The second-order valence-corrected chi connectivity index (χ2v) is 8.01. The summed E-state index contributed by atoms with van der Waals surface area (Å²) < 4.78 is 14.6. The summed E-state index contributed by atoms with van der Waals surface area (Å²) in [5, 5.41) is -0.505. The third-order valence-corrected chi connectivity index (χ3v) is 5.65. The first-order valence-electron chi connectivity index (χ1n) is 7.66. The molecular weight excluding hydrogens is 446 g/mol. The average molecular weight is 460 g/mol. The normalized spacial score (nSPS) is 20.2. The van der Waals surface area contributed by atoms with Crippen molar-refractivity contribution in [2.24, 2.45) is 0 Å². The molecular formula is C18H14BrCl2FN2O2. The number of urea groups is 1. The lowest BCUT2D eigenvalue weighted by Crippen LogP contribution is -2.47. The minimum absolute atomic E-state index is 0.141. The molecule has 136 valence electrons. The molecule has 0 aliphatic carbocycles. The van der Waals surface area contributed by atoms with E-state index in [0.717, 1.165) is 14.9 Å². The average Bonchev–Trinajstić information content (AvgIpc) is 2.75. The maximum absolute atomic E-state index is 13.7. The summed E-state index contributed by atoms with van der Waals surface area (Å²) in [6, 6.07) is 9.43. The molecule has 1 atom stereocenters. The fraction of sp³-hybridized carbons (Fsp3) is 0.222. The van der Waals surface area contributed by atoms with Crippen LogP contribution in [0.2, 0.25) is 10.0 Å². The molecule has 0 aromatic heterocycles. The molecule has 1 heterocycles. The number of amides is 3. The van der Waals surface area contributed by atoms with Crippen LogP contribution in [-0.2, 0) is 11.2 Å². The molecule has 0 saturated carbocycles. The Morgan fingerprint density at radius 2 is 1.65 bits per heavy atom. The maximum atomic E-state index is 13.7. The zero-order chi connectivity index (χ0) is 19.2. The van der Waals surface area contributed by atoms with E-state index in [1.807, 2.05) is 24.3 Å². The largest absolute Gasteiger partial charge is 0.332 e. The van der Waals surface area contributed by atoms with Crippen molar-refractivity contribution in [3.63, 3.8) is 0 Å². The Balaban J connectivity index is 1.99. The highest BCUT2D eigenvalue weighted by atomic mass is 79.9. The van der Waals surface area contributed by atoms with Crippen molar-refractivity contribution < 1.29 is 14.0 Å². The first-order valence-corrected chi connectivity index (χ1v) is 9.21. The molecule has 1 aliphatic heterocycles. The van der Waals surface area contributed by atoms with Crippen molar-refractivity contribution in [1.82, 2.24) is 4.90 Å². The zero-order valence-electron chi connectivity index (χ0n) is 13.9. The van der Waals surface area contributed by atoms with Gasteiger partial charge >= 0.3 is 6.03 Å². The Kier molecular flexibility index (Phi) is 5.03. The molecule has 2 aromatic rings. The van der Waals surface area contributed by atoms with E-state index in [-0.39, 0.29) is 15.7 Å². The number of hydrogen-bond acceptors (Lipinski definition) is 2. The van der Waals surface area contributed by atoms with Crippen molar-refractivity contribution in [3.05, 3.63) is 62.3 Å². The summed E-state index contributed by atoms with van der Waals surface area (Å²) in [6.45, 7) is 1.70. The van der Waals surface area contributed by atoms with E-state index < -0.39 is 23.3 Å². The summed E-state index contributed by atoms with van der Waals surface area (Å²) in [6.07, 6.45) is 0.334. The fourth-order valence-electron chi connectivity index (χ4n) is 2.93. The van der Waals surface area contributed by atoms with Crippen LogP contribution < -0.4 is 4.90 Å². The van der Waals surface area contributed by atoms with Gasteiger partial charge in [-0.2, -0.15) is 0 Å². The molecule has 0 N–H and O–H groups in total. The van der Waals surface area contributed by atoms with Gasteiger partial charge in [0.2, 0.25) is 0 Å². The Morgan fingerprint density at radius 3 is 2.19 bits per heavy atom. The van der Waals surface area contributed by atoms with Crippen molar-refractivity contribution in [3.8, 4) is 0 Å². The first-order chi connectivity index (χ1) is 12.1. The summed E-state index contributed by atoms with van der Waals surface area (Å²) >= 11 is 15.0. The van der Waals surface area contributed by atoms with Crippen LogP contribution in [0.15, 0.2) is 40.9 Å². The highest BCUT2D eigenvalue weighted by molar-refractivity contribution is 9.10. The third-order valence-electron chi connectivity index (χ3n) is 4.57. The number of rotatable bonds is 3. The third kappa shape index (κ3) is 3.10. The van der Waals surface area contributed by atoms with Crippen molar-refractivity contribution in [1.29, 1.82) is 0 Å². The number of carbonyl (C=O) groups excluding carboxylic acids is 2. The highest BCUT2D eigenvalue weighted by Crippen LogP contribution is 2.37. The summed E-state index contributed by atoms with van der Waals surface area (Å²) in [5.41, 5.74) is -0.0402. The molecule has 1 aliphatic rings. The van der Waals surface area contributed by atoms with E-state index in [1.165, 1.54) is 17.0 Å².